The van der Waals surface area contributed by atoms with Crippen molar-refractivity contribution in [1.82, 2.24) is 9.97 Å². The quantitative estimate of drug-likeness (QED) is 0.787. The highest BCUT2D eigenvalue weighted by molar-refractivity contribution is 6.16. The number of H-pyrrole nitrogens is 1. The van der Waals surface area contributed by atoms with Crippen molar-refractivity contribution < 1.29 is 8.78 Å². The summed E-state index contributed by atoms with van der Waals surface area (Å²) in [7, 11) is 0. The van der Waals surface area contributed by atoms with Crippen LogP contribution in [0.25, 0.3) is 11.3 Å². The molecule has 15 heavy (non-hydrogen) atoms. The number of aromatic nitrogens is 2. The van der Waals surface area contributed by atoms with Gasteiger partial charge in [-0.2, -0.15) is 0 Å². The Morgan fingerprint density at radius 2 is 2.13 bits per heavy atom. The van der Waals surface area contributed by atoms with Gasteiger partial charge in [0.05, 0.1) is 17.8 Å². The van der Waals surface area contributed by atoms with Gasteiger partial charge in [0.2, 0.25) is 0 Å². The van der Waals surface area contributed by atoms with Crippen LogP contribution in [-0.2, 0) is 5.88 Å². The molecule has 2 nitrogen and oxygen atoms in total. The van der Waals surface area contributed by atoms with Gasteiger partial charge in [0.25, 0.3) is 0 Å². The lowest BCUT2D eigenvalue weighted by atomic mass is 10.1. The van der Waals surface area contributed by atoms with Gasteiger partial charge in [0.1, 0.15) is 17.5 Å². The summed E-state index contributed by atoms with van der Waals surface area (Å²) in [5.74, 6) is -0.262. The zero-order valence-corrected chi connectivity index (χ0v) is 8.35. The molecule has 0 saturated heterocycles. The van der Waals surface area contributed by atoms with Crippen LogP contribution in [0.2, 0.25) is 0 Å². The second-order valence-electron chi connectivity index (χ2n) is 3.00. The minimum Gasteiger partial charge on any atom is -0.341 e. The fraction of sp³-hybridized carbons (Fsp3) is 0.100. The summed E-state index contributed by atoms with van der Waals surface area (Å²) in [5.41, 5.74) is 0.571. The highest BCUT2D eigenvalue weighted by Gasteiger charge is 2.09. The van der Waals surface area contributed by atoms with Crippen LogP contribution in [0, 0.1) is 11.6 Å². The van der Waals surface area contributed by atoms with Crippen molar-refractivity contribution in [2.75, 3.05) is 0 Å². The van der Waals surface area contributed by atoms with Crippen molar-refractivity contribution in [3.63, 3.8) is 0 Å². The molecule has 1 aromatic carbocycles. The fourth-order valence-corrected chi connectivity index (χ4v) is 1.41. The number of alkyl halides is 1. The van der Waals surface area contributed by atoms with Gasteiger partial charge in [-0.05, 0) is 18.2 Å². The Balaban J connectivity index is 2.48. The average Bonchev–Trinajstić information content (AvgIpc) is 2.70. The average molecular weight is 229 g/mol. The molecule has 78 valence electrons. The maximum Gasteiger partial charge on any atom is 0.132 e. The Kier molecular flexibility index (Phi) is 2.68. The van der Waals surface area contributed by atoms with Crippen molar-refractivity contribution in [2.45, 2.75) is 5.88 Å². The molecule has 0 atom stereocenters. The van der Waals surface area contributed by atoms with E-state index in [2.05, 4.69) is 9.97 Å². The van der Waals surface area contributed by atoms with Gasteiger partial charge in [0, 0.05) is 5.56 Å². The van der Waals surface area contributed by atoms with E-state index in [1.807, 2.05) is 0 Å². The smallest absolute Gasteiger partial charge is 0.132 e. The monoisotopic (exact) mass is 228 g/mol. The summed E-state index contributed by atoms with van der Waals surface area (Å²) in [4.78, 5) is 6.70. The van der Waals surface area contributed by atoms with Crippen LogP contribution < -0.4 is 0 Å². The topological polar surface area (TPSA) is 28.7 Å². The lowest BCUT2D eigenvalue weighted by Gasteiger charge is -1.99. The summed E-state index contributed by atoms with van der Waals surface area (Å²) in [6.07, 6.45) is 1.43. The summed E-state index contributed by atoms with van der Waals surface area (Å²) in [6.45, 7) is 0. The number of imidazole rings is 1. The molecule has 0 spiro atoms. The molecule has 0 saturated carbocycles. The Hall–Kier alpha value is -1.42. The molecule has 0 unspecified atom stereocenters. The Morgan fingerprint density at radius 3 is 2.80 bits per heavy atom. The van der Waals surface area contributed by atoms with E-state index in [1.165, 1.54) is 6.20 Å². The lowest BCUT2D eigenvalue weighted by Crippen LogP contribution is -1.87. The Bertz CT molecular complexity index is 482. The zero-order valence-electron chi connectivity index (χ0n) is 7.60. The van der Waals surface area contributed by atoms with Crippen LogP contribution in [0.3, 0.4) is 0 Å². The number of nitrogens with one attached hydrogen (secondary N) is 1. The number of benzene rings is 1. The third-order valence-electron chi connectivity index (χ3n) is 1.97. The van der Waals surface area contributed by atoms with Gasteiger partial charge in [-0.3, -0.25) is 0 Å². The lowest BCUT2D eigenvalue weighted by molar-refractivity contribution is 0.602. The number of halogens is 3. The van der Waals surface area contributed by atoms with Crippen LogP contribution >= 0.6 is 11.6 Å². The molecule has 0 aliphatic carbocycles. The van der Waals surface area contributed by atoms with Crippen molar-refractivity contribution in [3.8, 4) is 11.3 Å². The summed E-state index contributed by atoms with van der Waals surface area (Å²) < 4.78 is 26.2. The Labute approximate surface area is 89.9 Å². The summed E-state index contributed by atoms with van der Waals surface area (Å²) in [5, 5.41) is 0. The van der Waals surface area contributed by atoms with Crippen LogP contribution in [-0.4, -0.2) is 9.97 Å². The first-order valence-electron chi connectivity index (χ1n) is 4.26. The molecule has 1 aromatic heterocycles. The maximum absolute atomic E-state index is 13.3. The van der Waals surface area contributed by atoms with Gasteiger partial charge >= 0.3 is 0 Å². The van der Waals surface area contributed by atoms with E-state index in [0.717, 1.165) is 18.2 Å². The third-order valence-corrected chi connectivity index (χ3v) is 2.23. The van der Waals surface area contributed by atoms with E-state index >= 15 is 0 Å². The van der Waals surface area contributed by atoms with Crippen LogP contribution in [0.1, 0.15) is 5.82 Å². The van der Waals surface area contributed by atoms with Crippen LogP contribution in [0.5, 0.6) is 0 Å². The van der Waals surface area contributed by atoms with Crippen molar-refractivity contribution in [1.29, 1.82) is 0 Å². The van der Waals surface area contributed by atoms with Crippen molar-refractivity contribution >= 4 is 11.6 Å². The molecule has 1 N–H and O–H groups in total. The van der Waals surface area contributed by atoms with Gasteiger partial charge in [-0.1, -0.05) is 0 Å². The molecule has 1 heterocycles. The predicted molar refractivity (Wildman–Crippen MR) is 53.5 cm³/mol. The SMILES string of the molecule is Fc1ccc(F)c(-c2cnc(CCl)[nH]2)c1. The predicted octanol–water partition coefficient (Wildman–Crippen LogP) is 3.09. The number of aromatic amines is 1. The van der Waals surface area contributed by atoms with Crippen LogP contribution in [0.15, 0.2) is 24.4 Å². The molecule has 0 fully saturated rings. The normalized spacial score (nSPS) is 10.6. The second-order valence-corrected chi connectivity index (χ2v) is 3.27. The Morgan fingerprint density at radius 1 is 1.33 bits per heavy atom. The minimum atomic E-state index is -0.499. The molecule has 0 bridgehead atoms. The van der Waals surface area contributed by atoms with E-state index in [0.29, 0.717) is 11.5 Å². The van der Waals surface area contributed by atoms with E-state index < -0.39 is 11.6 Å². The molecular weight excluding hydrogens is 222 g/mol. The van der Waals surface area contributed by atoms with E-state index in [-0.39, 0.29) is 11.4 Å². The molecule has 0 radical (unpaired) electrons. The first-order chi connectivity index (χ1) is 7.20. The molecule has 2 rings (SSSR count). The van der Waals surface area contributed by atoms with Crippen molar-refractivity contribution in [3.05, 3.63) is 41.9 Å². The summed E-state index contributed by atoms with van der Waals surface area (Å²) in [6, 6.07) is 3.25. The summed E-state index contributed by atoms with van der Waals surface area (Å²) >= 11 is 5.54. The van der Waals surface area contributed by atoms with E-state index in [9.17, 15) is 8.78 Å². The van der Waals surface area contributed by atoms with Gasteiger partial charge in [0.15, 0.2) is 0 Å². The molecule has 0 aliphatic heterocycles. The number of hydrogen-bond donors (Lipinski definition) is 1. The number of nitrogens with zero attached hydrogens (tertiary/aromatic N) is 1. The number of rotatable bonds is 2. The molecule has 2 aromatic rings. The largest absolute Gasteiger partial charge is 0.341 e. The van der Waals surface area contributed by atoms with E-state index in [1.54, 1.807) is 0 Å². The van der Waals surface area contributed by atoms with Gasteiger partial charge < -0.3 is 4.98 Å². The van der Waals surface area contributed by atoms with Crippen LogP contribution in [0.4, 0.5) is 8.78 Å². The van der Waals surface area contributed by atoms with Gasteiger partial charge in [-0.15, -0.1) is 11.6 Å². The fourth-order valence-electron chi connectivity index (χ4n) is 1.27. The van der Waals surface area contributed by atoms with E-state index in [4.69, 9.17) is 11.6 Å². The highest BCUT2D eigenvalue weighted by Crippen LogP contribution is 2.22. The number of hydrogen-bond acceptors (Lipinski definition) is 1. The minimum absolute atomic E-state index is 0.152. The zero-order chi connectivity index (χ0) is 10.8. The molecule has 0 amide bonds. The third kappa shape index (κ3) is 1.99. The first kappa shape index (κ1) is 10.1. The maximum atomic E-state index is 13.3. The highest BCUT2D eigenvalue weighted by atomic mass is 35.5. The first-order valence-corrected chi connectivity index (χ1v) is 4.79. The van der Waals surface area contributed by atoms with Gasteiger partial charge in [-0.25, -0.2) is 13.8 Å². The molecule has 5 heteroatoms. The van der Waals surface area contributed by atoms with Crippen molar-refractivity contribution in [2.24, 2.45) is 0 Å². The standard InChI is InChI=1S/C10H7ClF2N2/c11-4-10-14-5-9(15-10)7-3-6(12)1-2-8(7)13/h1-3,5H,4H2,(H,14,15). The second kappa shape index (κ2) is 3.98. The molecular formula is C10H7ClF2N2. The molecule has 0 aliphatic rings.